The van der Waals surface area contributed by atoms with Crippen LogP contribution in [0.4, 0.5) is 5.82 Å². The van der Waals surface area contributed by atoms with Crippen molar-refractivity contribution in [1.82, 2.24) is 15.0 Å². The Morgan fingerprint density at radius 3 is 2.58 bits per heavy atom. The van der Waals surface area contributed by atoms with Crippen LogP contribution in [0.1, 0.15) is 18.2 Å². The highest BCUT2D eigenvalue weighted by Crippen LogP contribution is 2.22. The van der Waals surface area contributed by atoms with Crippen LogP contribution in [-0.4, -0.2) is 28.6 Å². The second kappa shape index (κ2) is 5.65. The third-order valence-electron chi connectivity index (χ3n) is 2.94. The third-order valence-corrected chi connectivity index (χ3v) is 2.94. The van der Waals surface area contributed by atoms with E-state index in [0.717, 1.165) is 29.2 Å². The van der Waals surface area contributed by atoms with Crippen molar-refractivity contribution in [2.45, 2.75) is 20.8 Å². The molecule has 2 heterocycles. The molecule has 0 saturated heterocycles. The minimum atomic E-state index is 0.583. The van der Waals surface area contributed by atoms with E-state index in [0.29, 0.717) is 11.7 Å². The zero-order valence-corrected chi connectivity index (χ0v) is 11.7. The molecule has 0 fully saturated rings. The third kappa shape index (κ3) is 2.81. The van der Waals surface area contributed by atoms with Gasteiger partial charge < -0.3 is 10.1 Å². The zero-order chi connectivity index (χ0) is 13.8. The summed E-state index contributed by atoms with van der Waals surface area (Å²) in [7, 11) is 1.60. The number of nitrogens with one attached hydrogen (secondary N) is 1. The fraction of sp³-hybridized carbons (Fsp3) is 0.357. The molecule has 0 spiro atoms. The van der Waals surface area contributed by atoms with Gasteiger partial charge in [-0.25, -0.2) is 15.0 Å². The van der Waals surface area contributed by atoms with Crippen LogP contribution in [0, 0.1) is 13.8 Å². The predicted octanol–water partition coefficient (Wildman–Crippen LogP) is 2.60. The highest BCUT2D eigenvalue weighted by Gasteiger charge is 2.09. The number of pyridine rings is 1. The maximum Gasteiger partial charge on any atom is 0.212 e. The van der Waals surface area contributed by atoms with E-state index >= 15 is 0 Å². The molecule has 0 aromatic carbocycles. The Bertz CT molecular complexity index is 566. The highest BCUT2D eigenvalue weighted by atomic mass is 16.5. The van der Waals surface area contributed by atoms with Gasteiger partial charge in [-0.2, -0.15) is 0 Å². The molecule has 0 radical (unpaired) electrons. The Morgan fingerprint density at radius 1 is 1.21 bits per heavy atom. The van der Waals surface area contributed by atoms with Crippen molar-refractivity contribution in [3.05, 3.63) is 29.6 Å². The lowest BCUT2D eigenvalue weighted by Gasteiger charge is -2.11. The molecular formula is C14H18N4O. The molecule has 2 rings (SSSR count). The minimum absolute atomic E-state index is 0.583. The number of aryl methyl sites for hydroxylation is 1. The van der Waals surface area contributed by atoms with Gasteiger partial charge in [0.25, 0.3) is 0 Å². The van der Waals surface area contributed by atoms with Crippen molar-refractivity contribution < 1.29 is 4.74 Å². The first-order valence-corrected chi connectivity index (χ1v) is 6.25. The average molecular weight is 258 g/mol. The first-order valence-electron chi connectivity index (χ1n) is 6.25. The summed E-state index contributed by atoms with van der Waals surface area (Å²) in [5.41, 5.74) is 2.92. The second-order valence-electron chi connectivity index (χ2n) is 4.23. The van der Waals surface area contributed by atoms with Crippen molar-refractivity contribution in [3.63, 3.8) is 0 Å². The van der Waals surface area contributed by atoms with Crippen LogP contribution in [0.25, 0.3) is 11.4 Å². The molecule has 5 heteroatoms. The summed E-state index contributed by atoms with van der Waals surface area (Å²) < 4.78 is 5.05. The van der Waals surface area contributed by atoms with Crippen LogP contribution >= 0.6 is 0 Å². The number of hydrogen-bond donors (Lipinski definition) is 1. The number of ether oxygens (including phenoxy) is 1. The van der Waals surface area contributed by atoms with Crippen molar-refractivity contribution in [2.75, 3.05) is 19.0 Å². The maximum absolute atomic E-state index is 5.05. The van der Waals surface area contributed by atoms with E-state index in [1.807, 2.05) is 26.8 Å². The molecule has 2 aromatic rings. The van der Waals surface area contributed by atoms with Gasteiger partial charge in [0.15, 0.2) is 5.82 Å². The standard InChI is InChI=1S/C14H18N4O/c1-5-15-13-9(2)10(3)17-14(18-13)11-6-7-12(19-4)16-8-11/h6-8H,5H2,1-4H3,(H,15,17,18). The summed E-state index contributed by atoms with van der Waals surface area (Å²) in [5.74, 6) is 2.13. The van der Waals surface area contributed by atoms with Crippen LogP contribution in [0.15, 0.2) is 18.3 Å². The topological polar surface area (TPSA) is 59.9 Å². The van der Waals surface area contributed by atoms with Gasteiger partial charge in [0.2, 0.25) is 5.88 Å². The Morgan fingerprint density at radius 2 is 2.00 bits per heavy atom. The van der Waals surface area contributed by atoms with Gasteiger partial charge in [-0.3, -0.25) is 0 Å². The lowest BCUT2D eigenvalue weighted by Crippen LogP contribution is -2.06. The van der Waals surface area contributed by atoms with Crippen molar-refractivity contribution in [1.29, 1.82) is 0 Å². The molecule has 0 aliphatic heterocycles. The molecule has 0 aliphatic rings. The number of methoxy groups -OCH3 is 1. The van der Waals surface area contributed by atoms with Gasteiger partial charge in [-0.15, -0.1) is 0 Å². The van der Waals surface area contributed by atoms with E-state index in [-0.39, 0.29) is 0 Å². The molecule has 0 aliphatic carbocycles. The summed E-state index contributed by atoms with van der Waals surface area (Å²) in [4.78, 5) is 13.2. The van der Waals surface area contributed by atoms with E-state index in [4.69, 9.17) is 4.74 Å². The van der Waals surface area contributed by atoms with Crippen molar-refractivity contribution in [3.8, 4) is 17.3 Å². The lowest BCUT2D eigenvalue weighted by molar-refractivity contribution is 0.398. The molecule has 19 heavy (non-hydrogen) atoms. The SMILES string of the molecule is CCNc1nc(-c2ccc(OC)nc2)nc(C)c1C. The van der Waals surface area contributed by atoms with Crippen LogP contribution in [0.2, 0.25) is 0 Å². The number of hydrogen-bond acceptors (Lipinski definition) is 5. The highest BCUT2D eigenvalue weighted by molar-refractivity contribution is 5.59. The summed E-state index contributed by atoms with van der Waals surface area (Å²) in [6.07, 6.45) is 1.72. The number of aromatic nitrogens is 3. The van der Waals surface area contributed by atoms with Gasteiger partial charge >= 0.3 is 0 Å². The molecule has 100 valence electrons. The van der Waals surface area contributed by atoms with E-state index in [9.17, 15) is 0 Å². The largest absolute Gasteiger partial charge is 0.481 e. The summed E-state index contributed by atoms with van der Waals surface area (Å²) in [6, 6.07) is 3.71. The van der Waals surface area contributed by atoms with Gasteiger partial charge in [0, 0.05) is 35.6 Å². The van der Waals surface area contributed by atoms with Gasteiger partial charge in [0.1, 0.15) is 5.82 Å². The van der Waals surface area contributed by atoms with Crippen LogP contribution in [0.5, 0.6) is 5.88 Å². The number of nitrogens with zero attached hydrogens (tertiary/aromatic N) is 3. The zero-order valence-electron chi connectivity index (χ0n) is 11.7. The molecule has 0 bridgehead atoms. The number of rotatable bonds is 4. The summed E-state index contributed by atoms with van der Waals surface area (Å²) >= 11 is 0. The molecule has 0 amide bonds. The van der Waals surface area contributed by atoms with E-state index in [1.54, 1.807) is 19.4 Å². The van der Waals surface area contributed by atoms with E-state index in [2.05, 4.69) is 20.3 Å². The fourth-order valence-corrected chi connectivity index (χ4v) is 1.73. The minimum Gasteiger partial charge on any atom is -0.481 e. The molecule has 5 nitrogen and oxygen atoms in total. The maximum atomic E-state index is 5.05. The molecule has 1 N–H and O–H groups in total. The monoisotopic (exact) mass is 258 g/mol. The second-order valence-corrected chi connectivity index (χ2v) is 4.23. The predicted molar refractivity (Wildman–Crippen MR) is 75.5 cm³/mol. The fourth-order valence-electron chi connectivity index (χ4n) is 1.73. The van der Waals surface area contributed by atoms with E-state index < -0.39 is 0 Å². The first-order chi connectivity index (χ1) is 9.15. The normalized spacial score (nSPS) is 10.3. The Kier molecular flexibility index (Phi) is 3.94. The molecule has 0 saturated carbocycles. The van der Waals surface area contributed by atoms with E-state index in [1.165, 1.54) is 0 Å². The number of anilines is 1. The molecular weight excluding hydrogens is 240 g/mol. The Balaban J connectivity index is 2.43. The Labute approximate surface area is 113 Å². The Hall–Kier alpha value is -2.17. The van der Waals surface area contributed by atoms with Crippen LogP contribution in [0.3, 0.4) is 0 Å². The first kappa shape index (κ1) is 13.3. The van der Waals surface area contributed by atoms with Gasteiger partial charge in [-0.05, 0) is 26.8 Å². The smallest absolute Gasteiger partial charge is 0.212 e. The van der Waals surface area contributed by atoms with Gasteiger partial charge in [-0.1, -0.05) is 0 Å². The van der Waals surface area contributed by atoms with Crippen molar-refractivity contribution >= 4 is 5.82 Å². The van der Waals surface area contributed by atoms with Gasteiger partial charge in [0.05, 0.1) is 7.11 Å². The molecule has 0 atom stereocenters. The van der Waals surface area contributed by atoms with Crippen LogP contribution in [-0.2, 0) is 0 Å². The van der Waals surface area contributed by atoms with Crippen molar-refractivity contribution in [2.24, 2.45) is 0 Å². The lowest BCUT2D eigenvalue weighted by atomic mass is 10.2. The molecule has 2 aromatic heterocycles. The van der Waals surface area contributed by atoms with Crippen LogP contribution < -0.4 is 10.1 Å². The summed E-state index contributed by atoms with van der Waals surface area (Å²) in [6.45, 7) is 6.88. The molecule has 0 unspecified atom stereocenters. The quantitative estimate of drug-likeness (QED) is 0.913. The summed E-state index contributed by atoms with van der Waals surface area (Å²) in [5, 5.41) is 3.25. The average Bonchev–Trinajstić information content (AvgIpc) is 2.44.